The fraction of sp³-hybridized carbons (Fsp3) is 0.167. The first-order valence-corrected chi connectivity index (χ1v) is 7.30. The topological polar surface area (TPSA) is 89.3 Å². The maximum atomic E-state index is 12.0. The molecule has 0 spiro atoms. The summed E-state index contributed by atoms with van der Waals surface area (Å²) >= 11 is 0. The van der Waals surface area contributed by atoms with E-state index in [0.717, 1.165) is 0 Å². The van der Waals surface area contributed by atoms with Gasteiger partial charge in [-0.3, -0.25) is 14.4 Å². The smallest absolute Gasteiger partial charge is 0.224 e. The Kier molecular flexibility index (Phi) is 5.63. The van der Waals surface area contributed by atoms with Crippen molar-refractivity contribution in [2.75, 3.05) is 5.32 Å². The predicted octanol–water partition coefficient (Wildman–Crippen LogP) is 2.32. The zero-order valence-electron chi connectivity index (χ0n) is 12.6. The molecule has 0 aromatic heterocycles. The molecule has 0 saturated heterocycles. The summed E-state index contributed by atoms with van der Waals surface area (Å²) in [6.45, 7) is 0. The van der Waals surface area contributed by atoms with Crippen molar-refractivity contribution in [3.8, 4) is 0 Å². The van der Waals surface area contributed by atoms with Crippen LogP contribution >= 0.6 is 0 Å². The Bertz CT molecular complexity index is 711. The number of para-hydroxylation sites is 1. The van der Waals surface area contributed by atoms with E-state index in [1.807, 2.05) is 6.07 Å². The van der Waals surface area contributed by atoms with Crippen molar-refractivity contribution in [3.63, 3.8) is 0 Å². The average molecular weight is 310 g/mol. The normalized spacial score (nSPS) is 10.1. The number of benzene rings is 2. The van der Waals surface area contributed by atoms with E-state index in [4.69, 9.17) is 5.73 Å². The number of nitrogens with one attached hydrogen (secondary N) is 1. The van der Waals surface area contributed by atoms with Crippen LogP contribution in [0.5, 0.6) is 0 Å². The van der Waals surface area contributed by atoms with Gasteiger partial charge in [-0.2, -0.15) is 0 Å². The number of primary amides is 1. The molecule has 0 saturated carbocycles. The molecule has 0 aliphatic carbocycles. The molecule has 118 valence electrons. The van der Waals surface area contributed by atoms with Crippen LogP contribution in [0.2, 0.25) is 0 Å². The van der Waals surface area contributed by atoms with Crippen LogP contribution in [0.25, 0.3) is 0 Å². The molecule has 0 aliphatic rings. The van der Waals surface area contributed by atoms with Crippen LogP contribution in [0.15, 0.2) is 54.6 Å². The van der Waals surface area contributed by atoms with Crippen LogP contribution in [0.1, 0.15) is 28.8 Å². The third-order valence-corrected chi connectivity index (χ3v) is 3.33. The van der Waals surface area contributed by atoms with Crippen molar-refractivity contribution in [2.45, 2.75) is 19.3 Å². The molecule has 0 atom stereocenters. The zero-order chi connectivity index (χ0) is 16.7. The van der Waals surface area contributed by atoms with Crippen LogP contribution in [0.3, 0.4) is 0 Å². The van der Waals surface area contributed by atoms with E-state index in [1.54, 1.807) is 48.5 Å². The third kappa shape index (κ3) is 5.07. The van der Waals surface area contributed by atoms with Crippen molar-refractivity contribution < 1.29 is 14.4 Å². The number of carbonyl (C=O) groups excluding carboxylic acids is 3. The minimum absolute atomic E-state index is 0.0550. The summed E-state index contributed by atoms with van der Waals surface area (Å²) in [5.74, 6) is -0.816. The Balaban J connectivity index is 1.93. The van der Waals surface area contributed by atoms with Crippen molar-refractivity contribution in [2.24, 2.45) is 5.73 Å². The fourth-order valence-corrected chi connectivity index (χ4v) is 2.19. The number of rotatable bonds is 7. The molecule has 2 amide bonds. The first-order valence-electron chi connectivity index (χ1n) is 7.30. The minimum atomic E-state index is -0.467. The van der Waals surface area contributed by atoms with E-state index in [1.165, 1.54) is 0 Å². The highest BCUT2D eigenvalue weighted by molar-refractivity contribution is 6.00. The lowest BCUT2D eigenvalue weighted by molar-refractivity contribution is -0.118. The van der Waals surface area contributed by atoms with Gasteiger partial charge in [0.2, 0.25) is 11.8 Å². The van der Waals surface area contributed by atoms with Gasteiger partial charge in [0.25, 0.3) is 0 Å². The summed E-state index contributed by atoms with van der Waals surface area (Å²) in [6, 6.07) is 15.8. The van der Waals surface area contributed by atoms with Gasteiger partial charge in [0.1, 0.15) is 0 Å². The molecule has 3 N–H and O–H groups in total. The van der Waals surface area contributed by atoms with Gasteiger partial charge in [-0.15, -0.1) is 0 Å². The molecule has 2 aromatic rings. The fourth-order valence-electron chi connectivity index (χ4n) is 2.19. The van der Waals surface area contributed by atoms with Crippen LogP contribution in [-0.4, -0.2) is 17.6 Å². The number of nitrogens with two attached hydrogens (primary N) is 1. The van der Waals surface area contributed by atoms with E-state index in [2.05, 4.69) is 5.32 Å². The SMILES string of the molecule is NC(=O)Cc1ccccc1NC(=O)CCC(=O)c1ccccc1. The van der Waals surface area contributed by atoms with Crippen molar-refractivity contribution in [1.29, 1.82) is 0 Å². The lowest BCUT2D eigenvalue weighted by Gasteiger charge is -2.09. The standard InChI is InChI=1S/C18H18N2O3/c19-17(22)12-14-8-4-5-9-15(14)20-18(23)11-10-16(21)13-6-2-1-3-7-13/h1-9H,10-12H2,(H2,19,22)(H,20,23). The molecular weight excluding hydrogens is 292 g/mol. The van der Waals surface area contributed by atoms with Crippen molar-refractivity contribution in [3.05, 3.63) is 65.7 Å². The summed E-state index contributed by atoms with van der Waals surface area (Å²) < 4.78 is 0. The van der Waals surface area contributed by atoms with Crippen molar-refractivity contribution >= 4 is 23.3 Å². The zero-order valence-corrected chi connectivity index (χ0v) is 12.6. The Morgan fingerprint density at radius 1 is 0.870 bits per heavy atom. The summed E-state index contributed by atoms with van der Waals surface area (Å²) in [6.07, 6.45) is 0.270. The molecule has 5 nitrogen and oxygen atoms in total. The van der Waals surface area contributed by atoms with Gasteiger partial charge in [0.05, 0.1) is 6.42 Å². The van der Waals surface area contributed by atoms with E-state index in [0.29, 0.717) is 16.8 Å². The Labute approximate surface area is 134 Å². The molecule has 0 heterocycles. The van der Waals surface area contributed by atoms with E-state index in [-0.39, 0.29) is 31.0 Å². The van der Waals surface area contributed by atoms with Gasteiger partial charge in [0, 0.05) is 24.1 Å². The van der Waals surface area contributed by atoms with Gasteiger partial charge >= 0.3 is 0 Å². The third-order valence-electron chi connectivity index (χ3n) is 3.33. The summed E-state index contributed by atoms with van der Waals surface area (Å²) in [5, 5.41) is 2.72. The molecule has 0 radical (unpaired) electrons. The van der Waals surface area contributed by atoms with Gasteiger partial charge in [-0.05, 0) is 11.6 Å². The summed E-state index contributed by atoms with van der Waals surface area (Å²) in [5.41, 5.74) is 6.98. The molecule has 0 fully saturated rings. The largest absolute Gasteiger partial charge is 0.369 e. The number of carbonyl (C=O) groups is 3. The molecule has 0 aliphatic heterocycles. The molecule has 5 heteroatoms. The van der Waals surface area contributed by atoms with Gasteiger partial charge in [0.15, 0.2) is 5.78 Å². The summed E-state index contributed by atoms with van der Waals surface area (Å²) in [7, 11) is 0. The van der Waals surface area contributed by atoms with Gasteiger partial charge < -0.3 is 11.1 Å². The number of hydrogen-bond donors (Lipinski definition) is 2. The highest BCUT2D eigenvalue weighted by Gasteiger charge is 2.11. The molecule has 0 bridgehead atoms. The average Bonchev–Trinajstić information content (AvgIpc) is 2.55. The van der Waals surface area contributed by atoms with E-state index in [9.17, 15) is 14.4 Å². The lowest BCUT2D eigenvalue weighted by Crippen LogP contribution is -2.18. The maximum Gasteiger partial charge on any atom is 0.224 e. The first kappa shape index (κ1) is 16.4. The minimum Gasteiger partial charge on any atom is -0.369 e. The number of amides is 2. The monoisotopic (exact) mass is 310 g/mol. The Morgan fingerprint density at radius 2 is 1.52 bits per heavy atom. The van der Waals surface area contributed by atoms with E-state index < -0.39 is 5.91 Å². The number of Topliss-reactive ketones (excluding diaryl/α,β-unsaturated/α-hetero) is 1. The lowest BCUT2D eigenvalue weighted by atomic mass is 10.1. The van der Waals surface area contributed by atoms with Crippen molar-refractivity contribution in [1.82, 2.24) is 0 Å². The Hall–Kier alpha value is -2.95. The van der Waals surface area contributed by atoms with Gasteiger partial charge in [-0.1, -0.05) is 48.5 Å². The highest BCUT2D eigenvalue weighted by atomic mass is 16.2. The molecule has 0 unspecified atom stereocenters. The second-order valence-corrected chi connectivity index (χ2v) is 5.14. The van der Waals surface area contributed by atoms with Gasteiger partial charge in [-0.25, -0.2) is 0 Å². The second-order valence-electron chi connectivity index (χ2n) is 5.14. The number of anilines is 1. The quantitative estimate of drug-likeness (QED) is 0.769. The first-order chi connectivity index (χ1) is 11.1. The van der Waals surface area contributed by atoms with Crippen LogP contribution in [-0.2, 0) is 16.0 Å². The number of ketones is 1. The molecule has 2 rings (SSSR count). The Morgan fingerprint density at radius 3 is 2.22 bits per heavy atom. The highest BCUT2D eigenvalue weighted by Crippen LogP contribution is 2.16. The molecular formula is C18H18N2O3. The van der Waals surface area contributed by atoms with Crippen LogP contribution < -0.4 is 11.1 Å². The second kappa shape index (κ2) is 7.89. The molecule has 2 aromatic carbocycles. The molecule has 23 heavy (non-hydrogen) atoms. The number of hydrogen-bond acceptors (Lipinski definition) is 3. The van der Waals surface area contributed by atoms with Crippen LogP contribution in [0, 0.1) is 0 Å². The predicted molar refractivity (Wildman–Crippen MR) is 88.0 cm³/mol. The van der Waals surface area contributed by atoms with Crippen LogP contribution in [0.4, 0.5) is 5.69 Å². The maximum absolute atomic E-state index is 12.0. The summed E-state index contributed by atoms with van der Waals surface area (Å²) in [4.78, 5) is 35.0. The van der Waals surface area contributed by atoms with E-state index >= 15 is 0 Å².